The van der Waals surface area contributed by atoms with Crippen molar-refractivity contribution in [3.8, 4) is 5.88 Å². The van der Waals surface area contributed by atoms with Crippen molar-refractivity contribution in [1.29, 1.82) is 0 Å². The second-order valence-electron chi connectivity index (χ2n) is 3.27. The molecule has 1 heterocycles. The van der Waals surface area contributed by atoms with Crippen LogP contribution in [0.2, 0.25) is 0 Å². The first kappa shape index (κ1) is 11.3. The molecule has 2 rings (SSSR count). The molecule has 0 amide bonds. The third-order valence-corrected chi connectivity index (χ3v) is 3.61. The van der Waals surface area contributed by atoms with Gasteiger partial charge in [0.25, 0.3) is 0 Å². The summed E-state index contributed by atoms with van der Waals surface area (Å²) < 4.78 is 23.6. The third kappa shape index (κ3) is 1.88. The van der Waals surface area contributed by atoms with Gasteiger partial charge in [-0.3, -0.25) is 0 Å². The summed E-state index contributed by atoms with van der Waals surface area (Å²) in [5, 5.41) is 9.82. The molecule has 0 aliphatic heterocycles. The van der Waals surface area contributed by atoms with Gasteiger partial charge in [-0.1, -0.05) is 15.9 Å². The predicted molar refractivity (Wildman–Crippen MR) is 62.0 cm³/mol. The Kier molecular flexibility index (Phi) is 2.59. The van der Waals surface area contributed by atoms with E-state index < -0.39 is 9.84 Å². The van der Waals surface area contributed by atoms with Crippen molar-refractivity contribution in [2.75, 3.05) is 6.26 Å². The lowest BCUT2D eigenvalue weighted by atomic mass is 10.2. The minimum absolute atomic E-state index is 0.0644. The van der Waals surface area contributed by atoms with E-state index in [1.54, 1.807) is 6.07 Å². The number of fused-ring (bicyclic) bond motifs is 1. The zero-order valence-corrected chi connectivity index (χ0v) is 10.6. The van der Waals surface area contributed by atoms with Crippen LogP contribution in [0.15, 0.2) is 27.8 Å². The highest BCUT2D eigenvalue weighted by molar-refractivity contribution is 9.10. The van der Waals surface area contributed by atoms with E-state index in [0.717, 1.165) is 12.6 Å². The van der Waals surface area contributed by atoms with Gasteiger partial charge in [-0.2, -0.15) is 0 Å². The summed E-state index contributed by atoms with van der Waals surface area (Å²) in [5.41, 5.74) is 0.221. The Morgan fingerprint density at radius 1 is 1.31 bits per heavy atom. The summed E-state index contributed by atoms with van der Waals surface area (Å²) in [6, 6.07) is 3.02. The normalized spacial score (nSPS) is 11.9. The van der Waals surface area contributed by atoms with Gasteiger partial charge < -0.3 is 5.11 Å². The summed E-state index contributed by atoms with van der Waals surface area (Å²) in [6.07, 6.45) is 2.22. The molecular formula is C9H7BrN2O3S. The third-order valence-electron chi connectivity index (χ3n) is 2.05. The van der Waals surface area contributed by atoms with Gasteiger partial charge in [0.15, 0.2) is 9.84 Å². The van der Waals surface area contributed by atoms with Crippen LogP contribution in [0.1, 0.15) is 0 Å². The number of hydrogen-bond acceptors (Lipinski definition) is 5. The molecule has 0 saturated carbocycles. The van der Waals surface area contributed by atoms with E-state index >= 15 is 0 Å². The largest absolute Gasteiger partial charge is 0.493 e. The highest BCUT2D eigenvalue weighted by Gasteiger charge is 2.16. The van der Waals surface area contributed by atoms with E-state index in [1.165, 1.54) is 6.07 Å². The van der Waals surface area contributed by atoms with Crippen LogP contribution in [0, 0.1) is 0 Å². The van der Waals surface area contributed by atoms with E-state index in [4.69, 9.17) is 0 Å². The average molecular weight is 303 g/mol. The van der Waals surface area contributed by atoms with Crippen molar-refractivity contribution >= 4 is 36.7 Å². The number of halogens is 1. The van der Waals surface area contributed by atoms with Gasteiger partial charge >= 0.3 is 0 Å². The van der Waals surface area contributed by atoms with Crippen LogP contribution in [-0.2, 0) is 9.84 Å². The quantitative estimate of drug-likeness (QED) is 0.863. The molecule has 0 spiro atoms. The van der Waals surface area contributed by atoms with Gasteiger partial charge in [0.2, 0.25) is 5.88 Å². The molecule has 0 fully saturated rings. The molecule has 0 bridgehead atoms. The van der Waals surface area contributed by atoms with E-state index in [2.05, 4.69) is 25.9 Å². The summed E-state index contributed by atoms with van der Waals surface area (Å²) >= 11 is 3.18. The molecule has 0 unspecified atom stereocenters. The minimum Gasteiger partial charge on any atom is -0.493 e. The number of aromatic hydroxyl groups is 1. The zero-order chi connectivity index (χ0) is 11.9. The monoisotopic (exact) mass is 302 g/mol. The first-order valence-electron chi connectivity index (χ1n) is 4.23. The fourth-order valence-corrected chi connectivity index (χ4v) is 2.84. The second kappa shape index (κ2) is 3.67. The standard InChI is InChI=1S/C9H7BrN2O3S/c1-16(14,15)7-3-5(10)2-6-8(7)11-4-12-9(6)13/h2-4H,1H3,(H,11,12,13). The van der Waals surface area contributed by atoms with E-state index in [0.29, 0.717) is 9.86 Å². The first-order valence-corrected chi connectivity index (χ1v) is 6.91. The predicted octanol–water partition coefficient (Wildman–Crippen LogP) is 1.50. The van der Waals surface area contributed by atoms with Crippen LogP contribution < -0.4 is 0 Å². The fourth-order valence-electron chi connectivity index (χ4n) is 1.37. The zero-order valence-electron chi connectivity index (χ0n) is 8.18. The summed E-state index contributed by atoms with van der Waals surface area (Å²) in [4.78, 5) is 7.54. The lowest BCUT2D eigenvalue weighted by Crippen LogP contribution is -2.00. The molecule has 0 radical (unpaired) electrons. The highest BCUT2D eigenvalue weighted by atomic mass is 79.9. The first-order chi connectivity index (χ1) is 7.39. The van der Waals surface area contributed by atoms with Crippen molar-refractivity contribution in [3.63, 3.8) is 0 Å². The van der Waals surface area contributed by atoms with Crippen LogP contribution in [0.5, 0.6) is 5.88 Å². The van der Waals surface area contributed by atoms with E-state index in [1.807, 2.05) is 0 Å². The van der Waals surface area contributed by atoms with Gasteiger partial charge in [-0.25, -0.2) is 18.4 Å². The van der Waals surface area contributed by atoms with Crippen molar-refractivity contribution in [2.24, 2.45) is 0 Å². The van der Waals surface area contributed by atoms with Gasteiger partial charge in [-0.15, -0.1) is 0 Å². The highest BCUT2D eigenvalue weighted by Crippen LogP contribution is 2.29. The summed E-state index contributed by atoms with van der Waals surface area (Å²) in [5.74, 6) is -0.240. The Labute approximate surface area is 100 Å². The molecule has 0 atom stereocenters. The minimum atomic E-state index is -3.40. The van der Waals surface area contributed by atoms with Crippen molar-refractivity contribution in [1.82, 2.24) is 9.97 Å². The molecular weight excluding hydrogens is 296 g/mol. The van der Waals surface area contributed by atoms with Crippen LogP contribution in [0.25, 0.3) is 10.9 Å². The molecule has 1 N–H and O–H groups in total. The number of aromatic nitrogens is 2. The van der Waals surface area contributed by atoms with E-state index in [-0.39, 0.29) is 16.3 Å². The topological polar surface area (TPSA) is 80.2 Å². The number of benzene rings is 1. The Morgan fingerprint density at radius 3 is 2.62 bits per heavy atom. The molecule has 5 nitrogen and oxygen atoms in total. The lowest BCUT2D eigenvalue weighted by molar-refractivity contribution is 0.459. The molecule has 0 aliphatic rings. The maximum atomic E-state index is 11.5. The smallest absolute Gasteiger partial charge is 0.222 e. The number of rotatable bonds is 1. The Hall–Kier alpha value is -1.21. The maximum absolute atomic E-state index is 11.5. The van der Waals surface area contributed by atoms with Crippen LogP contribution in [-0.4, -0.2) is 29.7 Å². The lowest BCUT2D eigenvalue weighted by Gasteiger charge is -2.05. The molecule has 1 aromatic heterocycles. The SMILES string of the molecule is CS(=O)(=O)c1cc(Br)cc2c(O)ncnc12. The Balaban J connectivity index is 3.01. The van der Waals surface area contributed by atoms with Gasteiger partial charge in [-0.05, 0) is 12.1 Å². The molecule has 7 heteroatoms. The van der Waals surface area contributed by atoms with Crippen molar-refractivity contribution in [2.45, 2.75) is 4.90 Å². The average Bonchev–Trinajstić information content (AvgIpc) is 2.17. The Morgan fingerprint density at radius 2 is 2.00 bits per heavy atom. The van der Waals surface area contributed by atoms with Gasteiger partial charge in [0.1, 0.15) is 6.33 Å². The van der Waals surface area contributed by atoms with Gasteiger partial charge in [0, 0.05) is 10.7 Å². The molecule has 0 aliphatic carbocycles. The second-order valence-corrected chi connectivity index (χ2v) is 6.17. The number of hydrogen-bond donors (Lipinski definition) is 1. The van der Waals surface area contributed by atoms with Crippen LogP contribution >= 0.6 is 15.9 Å². The van der Waals surface area contributed by atoms with Crippen LogP contribution in [0.3, 0.4) is 0 Å². The fraction of sp³-hybridized carbons (Fsp3) is 0.111. The Bertz CT molecular complexity index is 670. The maximum Gasteiger partial charge on any atom is 0.222 e. The van der Waals surface area contributed by atoms with Crippen molar-refractivity contribution in [3.05, 3.63) is 22.9 Å². The molecule has 2 aromatic rings. The summed E-state index contributed by atoms with van der Waals surface area (Å²) in [7, 11) is -3.40. The molecule has 0 saturated heterocycles. The van der Waals surface area contributed by atoms with E-state index in [9.17, 15) is 13.5 Å². The molecule has 16 heavy (non-hydrogen) atoms. The summed E-state index contributed by atoms with van der Waals surface area (Å²) in [6.45, 7) is 0. The van der Waals surface area contributed by atoms with Gasteiger partial charge in [0.05, 0.1) is 15.8 Å². The number of nitrogens with zero attached hydrogens (tertiary/aromatic N) is 2. The number of sulfone groups is 1. The molecule has 84 valence electrons. The van der Waals surface area contributed by atoms with Crippen molar-refractivity contribution < 1.29 is 13.5 Å². The van der Waals surface area contributed by atoms with Crippen LogP contribution in [0.4, 0.5) is 0 Å². The molecule has 1 aromatic carbocycles.